The molecule has 0 bridgehead atoms. The van der Waals surface area contributed by atoms with Gasteiger partial charge in [0.2, 0.25) is 5.89 Å². The van der Waals surface area contributed by atoms with Gasteiger partial charge in [0.25, 0.3) is 5.89 Å². The van der Waals surface area contributed by atoms with E-state index in [1.807, 2.05) is 0 Å². The number of aromatic nitrogens is 2. The van der Waals surface area contributed by atoms with E-state index >= 15 is 0 Å². The molecule has 106 valence electrons. The van der Waals surface area contributed by atoms with Gasteiger partial charge in [0.1, 0.15) is 12.4 Å². The third-order valence-corrected chi connectivity index (χ3v) is 2.36. The number of carbonyl (C=O) groups is 1. The van der Waals surface area contributed by atoms with E-state index in [-0.39, 0.29) is 23.6 Å². The molecule has 2 aromatic rings. The maximum atomic E-state index is 13.7. The number of benzene rings is 1. The second-order valence-electron chi connectivity index (χ2n) is 3.83. The summed E-state index contributed by atoms with van der Waals surface area (Å²) in [5.74, 6) is -2.24. The Kier molecular flexibility index (Phi) is 4.02. The van der Waals surface area contributed by atoms with Gasteiger partial charge in [-0.1, -0.05) is 6.07 Å². The first-order chi connectivity index (χ1) is 9.47. The molecule has 0 aliphatic heterocycles. The number of alkyl halides is 2. The van der Waals surface area contributed by atoms with Gasteiger partial charge in [-0.3, -0.25) is 4.79 Å². The molecule has 0 saturated heterocycles. The van der Waals surface area contributed by atoms with Gasteiger partial charge in [-0.05, 0) is 12.1 Å². The Balaban J connectivity index is 2.21. The van der Waals surface area contributed by atoms with Crippen LogP contribution in [0.1, 0.15) is 24.8 Å². The minimum Gasteiger partial charge on any atom is -0.461 e. The molecule has 2 rings (SSSR count). The molecule has 5 nitrogen and oxygen atoms in total. The zero-order chi connectivity index (χ0) is 14.7. The highest BCUT2D eigenvalue weighted by Crippen LogP contribution is 2.24. The van der Waals surface area contributed by atoms with Crippen molar-refractivity contribution in [2.45, 2.75) is 20.0 Å². The largest absolute Gasteiger partial charge is 0.461 e. The summed E-state index contributed by atoms with van der Waals surface area (Å²) in [5, 5.41) is 6.55. The number of esters is 1. The normalized spacial score (nSPS) is 10.8. The lowest BCUT2D eigenvalue weighted by atomic mass is 10.1. The van der Waals surface area contributed by atoms with Crippen molar-refractivity contribution in [2.75, 3.05) is 0 Å². The number of carbonyl (C=O) groups excluding carboxylic acids is 1. The highest BCUT2D eigenvalue weighted by atomic mass is 19.3. The van der Waals surface area contributed by atoms with Gasteiger partial charge in [0.05, 0.1) is 0 Å². The Hall–Kier alpha value is -2.38. The summed E-state index contributed by atoms with van der Waals surface area (Å²) < 4.78 is 47.7. The summed E-state index contributed by atoms with van der Waals surface area (Å²) in [5.41, 5.74) is 0.311. The summed E-state index contributed by atoms with van der Waals surface area (Å²) in [7, 11) is 0. The van der Waals surface area contributed by atoms with E-state index in [0.717, 1.165) is 6.07 Å². The van der Waals surface area contributed by atoms with Crippen LogP contribution in [-0.4, -0.2) is 16.2 Å². The van der Waals surface area contributed by atoms with Crippen molar-refractivity contribution in [3.63, 3.8) is 0 Å². The zero-order valence-corrected chi connectivity index (χ0v) is 10.3. The van der Waals surface area contributed by atoms with Crippen LogP contribution in [0, 0.1) is 5.82 Å². The van der Waals surface area contributed by atoms with Crippen molar-refractivity contribution < 1.29 is 27.1 Å². The number of nitrogens with zero attached hydrogens (tertiary/aromatic N) is 2. The number of hydrogen-bond donors (Lipinski definition) is 0. The van der Waals surface area contributed by atoms with Crippen molar-refractivity contribution in [1.82, 2.24) is 10.2 Å². The van der Waals surface area contributed by atoms with Gasteiger partial charge in [0, 0.05) is 18.1 Å². The fourth-order valence-electron chi connectivity index (χ4n) is 1.42. The fourth-order valence-corrected chi connectivity index (χ4v) is 1.42. The van der Waals surface area contributed by atoms with E-state index in [2.05, 4.69) is 14.9 Å². The lowest BCUT2D eigenvalue weighted by Crippen LogP contribution is -2.01. The van der Waals surface area contributed by atoms with E-state index < -0.39 is 24.1 Å². The third-order valence-electron chi connectivity index (χ3n) is 2.36. The minimum atomic E-state index is -2.88. The van der Waals surface area contributed by atoms with Crippen LogP contribution in [0.25, 0.3) is 11.5 Å². The quantitative estimate of drug-likeness (QED) is 0.808. The molecule has 0 fully saturated rings. The molecular formula is C12H9F3N2O3. The molecule has 1 aromatic heterocycles. The van der Waals surface area contributed by atoms with E-state index in [1.165, 1.54) is 19.1 Å². The van der Waals surface area contributed by atoms with Crippen molar-refractivity contribution in [3.05, 3.63) is 35.5 Å². The van der Waals surface area contributed by atoms with Crippen molar-refractivity contribution in [1.29, 1.82) is 0 Å². The maximum Gasteiger partial charge on any atom is 0.314 e. The van der Waals surface area contributed by atoms with E-state index in [0.29, 0.717) is 0 Å². The van der Waals surface area contributed by atoms with E-state index in [4.69, 9.17) is 4.42 Å². The second-order valence-corrected chi connectivity index (χ2v) is 3.83. The topological polar surface area (TPSA) is 65.2 Å². The summed E-state index contributed by atoms with van der Waals surface area (Å²) in [6, 6.07) is 3.80. The molecule has 0 unspecified atom stereocenters. The van der Waals surface area contributed by atoms with Crippen molar-refractivity contribution in [2.24, 2.45) is 0 Å². The lowest BCUT2D eigenvalue weighted by Gasteiger charge is -2.04. The standard InChI is InChI=1S/C12H9F3N2O3/c1-6(18)19-5-8-3-2-7(4-9(8)13)11-16-17-12(20-11)10(14)15/h2-4,10H,5H2,1H3. The summed E-state index contributed by atoms with van der Waals surface area (Å²) in [4.78, 5) is 10.6. The van der Waals surface area contributed by atoms with Crippen LogP contribution in [0.5, 0.6) is 0 Å². The van der Waals surface area contributed by atoms with Crippen LogP contribution in [-0.2, 0) is 16.1 Å². The molecule has 0 N–H and O–H groups in total. The molecule has 0 saturated carbocycles. The first kappa shape index (κ1) is 14.0. The Morgan fingerprint density at radius 1 is 1.40 bits per heavy atom. The predicted octanol–water partition coefficient (Wildman–Crippen LogP) is 2.88. The molecular weight excluding hydrogens is 277 g/mol. The molecule has 0 radical (unpaired) electrons. The number of halogens is 3. The third kappa shape index (κ3) is 3.14. The molecule has 20 heavy (non-hydrogen) atoms. The lowest BCUT2D eigenvalue weighted by molar-refractivity contribution is -0.142. The maximum absolute atomic E-state index is 13.7. The van der Waals surface area contributed by atoms with Crippen LogP contribution >= 0.6 is 0 Å². The van der Waals surface area contributed by atoms with Crippen LogP contribution in [0.2, 0.25) is 0 Å². The van der Waals surface area contributed by atoms with Gasteiger partial charge in [-0.2, -0.15) is 8.78 Å². The van der Waals surface area contributed by atoms with Crippen molar-refractivity contribution in [3.8, 4) is 11.5 Å². The molecule has 0 aliphatic carbocycles. The average Bonchev–Trinajstić information content (AvgIpc) is 2.86. The van der Waals surface area contributed by atoms with Crippen LogP contribution in [0.4, 0.5) is 13.2 Å². The molecule has 0 spiro atoms. The molecule has 0 amide bonds. The van der Waals surface area contributed by atoms with Gasteiger partial charge in [-0.25, -0.2) is 4.39 Å². The monoisotopic (exact) mass is 286 g/mol. The molecule has 0 aliphatic rings. The Morgan fingerprint density at radius 2 is 2.15 bits per heavy atom. The van der Waals surface area contributed by atoms with Crippen LogP contribution in [0.15, 0.2) is 22.6 Å². The number of ether oxygens (including phenoxy) is 1. The van der Waals surface area contributed by atoms with E-state index in [1.54, 1.807) is 0 Å². The van der Waals surface area contributed by atoms with Gasteiger partial charge < -0.3 is 9.15 Å². The summed E-state index contributed by atoms with van der Waals surface area (Å²) in [6.07, 6.45) is -2.88. The molecule has 8 heteroatoms. The number of rotatable bonds is 4. The first-order valence-corrected chi connectivity index (χ1v) is 5.51. The SMILES string of the molecule is CC(=O)OCc1ccc(-c2nnc(C(F)F)o2)cc1F. The Bertz CT molecular complexity index is 628. The number of hydrogen-bond acceptors (Lipinski definition) is 5. The van der Waals surface area contributed by atoms with Gasteiger partial charge in [0.15, 0.2) is 0 Å². The highest BCUT2D eigenvalue weighted by Gasteiger charge is 2.17. The smallest absolute Gasteiger partial charge is 0.314 e. The average molecular weight is 286 g/mol. The first-order valence-electron chi connectivity index (χ1n) is 5.51. The second kappa shape index (κ2) is 5.72. The molecule has 1 aromatic carbocycles. The van der Waals surface area contributed by atoms with Gasteiger partial charge in [-0.15, -0.1) is 10.2 Å². The van der Waals surface area contributed by atoms with Crippen LogP contribution in [0.3, 0.4) is 0 Å². The van der Waals surface area contributed by atoms with Crippen LogP contribution < -0.4 is 0 Å². The molecule has 0 atom stereocenters. The van der Waals surface area contributed by atoms with Crippen molar-refractivity contribution >= 4 is 5.97 Å². The van der Waals surface area contributed by atoms with Gasteiger partial charge >= 0.3 is 12.4 Å². The fraction of sp³-hybridized carbons (Fsp3) is 0.250. The Labute approximate surface area is 111 Å². The Morgan fingerprint density at radius 3 is 2.70 bits per heavy atom. The zero-order valence-electron chi connectivity index (χ0n) is 10.3. The molecule has 1 heterocycles. The highest BCUT2D eigenvalue weighted by molar-refractivity contribution is 5.66. The summed E-state index contributed by atoms with van der Waals surface area (Å²) in [6.45, 7) is 0.990. The predicted molar refractivity (Wildman–Crippen MR) is 60.1 cm³/mol. The minimum absolute atomic E-state index is 0.151. The van der Waals surface area contributed by atoms with E-state index in [9.17, 15) is 18.0 Å². The summed E-state index contributed by atoms with van der Waals surface area (Å²) >= 11 is 0.